The van der Waals surface area contributed by atoms with E-state index in [1.807, 2.05) is 22.7 Å². The summed E-state index contributed by atoms with van der Waals surface area (Å²) in [5, 5.41) is 5.15. The van der Waals surface area contributed by atoms with E-state index in [2.05, 4.69) is 204 Å². The van der Waals surface area contributed by atoms with Crippen molar-refractivity contribution in [3.63, 3.8) is 0 Å². The largest absolute Gasteiger partial charge is 0.308 e. The number of hydrogen-bond acceptors (Lipinski definition) is 4. The topological polar surface area (TPSA) is 6.48 Å². The van der Waals surface area contributed by atoms with Crippen LogP contribution in [0.1, 0.15) is 0 Å². The van der Waals surface area contributed by atoms with E-state index in [0.29, 0.717) is 0 Å². The molecule has 2 heterocycles. The van der Waals surface area contributed by atoms with E-state index >= 15 is 0 Å². The molecule has 0 aliphatic carbocycles. The molecule has 10 aromatic rings. The second-order valence-electron chi connectivity index (χ2n) is 12.9. The van der Waals surface area contributed by atoms with Crippen molar-refractivity contribution in [3.05, 3.63) is 194 Å². The first-order valence-corrected chi connectivity index (χ1v) is 19.2. The summed E-state index contributed by atoms with van der Waals surface area (Å²) in [5.74, 6) is 0. The summed E-state index contributed by atoms with van der Waals surface area (Å²) in [7, 11) is 0. The third-order valence-corrected chi connectivity index (χ3v) is 12.3. The van der Waals surface area contributed by atoms with E-state index < -0.39 is 0 Å². The number of para-hydroxylation sites is 4. The maximum absolute atomic E-state index is 2.45. The summed E-state index contributed by atoms with van der Waals surface area (Å²) in [6.07, 6.45) is 0. The van der Waals surface area contributed by atoms with Crippen LogP contribution in [0.25, 0.3) is 51.5 Å². The summed E-state index contributed by atoms with van der Waals surface area (Å²) >= 11 is 3.73. The average molecular weight is 701 g/mol. The van der Waals surface area contributed by atoms with Gasteiger partial charge in [-0.1, -0.05) is 133 Å². The van der Waals surface area contributed by atoms with Crippen LogP contribution >= 0.6 is 22.7 Å². The number of rotatable bonds is 7. The summed E-state index contributed by atoms with van der Waals surface area (Å²) in [6, 6.07) is 70.3. The molecule has 2 aromatic heterocycles. The van der Waals surface area contributed by atoms with Crippen molar-refractivity contribution in [1.82, 2.24) is 0 Å². The molecule has 0 radical (unpaired) electrons. The number of anilines is 6. The maximum atomic E-state index is 2.45. The average Bonchev–Trinajstić information content (AvgIpc) is 3.79. The van der Waals surface area contributed by atoms with Gasteiger partial charge in [0.05, 0.1) is 32.1 Å². The predicted molar refractivity (Wildman–Crippen MR) is 227 cm³/mol. The Labute approximate surface area is 310 Å². The first-order valence-electron chi connectivity index (χ1n) is 17.5. The Bertz CT molecular complexity index is 2670. The lowest BCUT2D eigenvalue weighted by molar-refractivity contribution is 1.28. The van der Waals surface area contributed by atoms with E-state index in [1.54, 1.807) is 0 Å². The number of benzene rings is 8. The van der Waals surface area contributed by atoms with Crippen molar-refractivity contribution in [1.29, 1.82) is 0 Å². The van der Waals surface area contributed by atoms with Gasteiger partial charge in [-0.25, -0.2) is 0 Å². The van der Waals surface area contributed by atoms with Gasteiger partial charge >= 0.3 is 0 Å². The Morgan fingerprint density at radius 3 is 1.08 bits per heavy atom. The van der Waals surface area contributed by atoms with Crippen molar-refractivity contribution < 1.29 is 0 Å². The zero-order chi connectivity index (χ0) is 34.4. The van der Waals surface area contributed by atoms with E-state index in [-0.39, 0.29) is 0 Å². The Balaban J connectivity index is 1.23. The molecule has 10 rings (SSSR count). The Hall–Kier alpha value is -6.20. The van der Waals surface area contributed by atoms with E-state index in [1.165, 1.54) is 51.7 Å². The molecule has 2 nitrogen and oxygen atoms in total. The fourth-order valence-electron chi connectivity index (χ4n) is 7.58. The third kappa shape index (κ3) is 5.07. The number of thiophene rings is 2. The van der Waals surface area contributed by atoms with E-state index in [0.717, 1.165) is 33.9 Å². The molecule has 0 atom stereocenters. The van der Waals surface area contributed by atoms with Crippen molar-refractivity contribution in [2.24, 2.45) is 0 Å². The van der Waals surface area contributed by atoms with Gasteiger partial charge in [0.15, 0.2) is 0 Å². The van der Waals surface area contributed by atoms with Crippen molar-refractivity contribution >= 4 is 97.1 Å². The van der Waals surface area contributed by atoms with Crippen molar-refractivity contribution in [2.75, 3.05) is 9.80 Å². The van der Waals surface area contributed by atoms with Gasteiger partial charge in [-0.15, -0.1) is 22.7 Å². The van der Waals surface area contributed by atoms with Crippen LogP contribution in [0.15, 0.2) is 194 Å². The lowest BCUT2D eigenvalue weighted by Crippen LogP contribution is -2.13. The second-order valence-corrected chi connectivity index (χ2v) is 15.0. The first kappa shape index (κ1) is 30.6. The fraction of sp³-hybridized carbons (Fsp3) is 0. The molecule has 8 aromatic carbocycles. The lowest BCUT2D eigenvalue weighted by Gasteiger charge is -2.31. The van der Waals surface area contributed by atoms with Gasteiger partial charge in [0, 0.05) is 53.4 Å². The molecule has 0 amide bonds. The smallest absolute Gasteiger partial charge is 0.0640 e. The predicted octanol–water partition coefficient (Wildman–Crippen LogP) is 15.0. The minimum atomic E-state index is 1.12. The van der Waals surface area contributed by atoms with E-state index in [4.69, 9.17) is 0 Å². The van der Waals surface area contributed by atoms with Gasteiger partial charge < -0.3 is 9.80 Å². The standard InChI is InChI=1S/C48H32N2S2/c1-3-17-33(18-4-1)49(43-29-15-25-39-37-23-9-13-31-45(37)51-47(39)43)41-27-11-7-21-35(41)36-22-8-12-28-42(36)50(34-19-5-2-6-20-34)44-30-16-26-40-38-24-10-14-32-46(38)52-48(40)44/h1-32H. The van der Waals surface area contributed by atoms with Gasteiger partial charge in [0.2, 0.25) is 0 Å². The summed E-state index contributed by atoms with van der Waals surface area (Å²) in [4.78, 5) is 4.90. The molecule has 0 fully saturated rings. The Kier molecular flexibility index (Phi) is 7.56. The minimum absolute atomic E-state index is 1.12. The molecule has 0 unspecified atom stereocenters. The summed E-state index contributed by atoms with van der Waals surface area (Å²) in [5.41, 5.74) is 9.14. The maximum Gasteiger partial charge on any atom is 0.0640 e. The zero-order valence-corrected chi connectivity index (χ0v) is 29.8. The normalized spacial score (nSPS) is 11.5. The van der Waals surface area contributed by atoms with Crippen LogP contribution in [-0.4, -0.2) is 0 Å². The molecule has 0 saturated heterocycles. The van der Waals surface area contributed by atoms with Crippen LogP contribution < -0.4 is 9.80 Å². The van der Waals surface area contributed by atoms with Crippen molar-refractivity contribution in [2.45, 2.75) is 0 Å². The molecule has 0 aliphatic rings. The summed E-state index contributed by atoms with van der Waals surface area (Å²) in [6.45, 7) is 0. The summed E-state index contributed by atoms with van der Waals surface area (Å²) < 4.78 is 5.15. The molecular formula is C48H32N2S2. The van der Waals surface area contributed by atoms with Crippen LogP contribution in [0.3, 0.4) is 0 Å². The Morgan fingerprint density at radius 2 is 0.615 bits per heavy atom. The van der Waals surface area contributed by atoms with Gasteiger partial charge in [0.25, 0.3) is 0 Å². The van der Waals surface area contributed by atoms with Crippen LogP contribution in [0.4, 0.5) is 34.1 Å². The molecule has 0 bridgehead atoms. The molecule has 0 aliphatic heterocycles. The fourth-order valence-corrected chi connectivity index (χ4v) is 9.99. The van der Waals surface area contributed by atoms with Gasteiger partial charge in [0.1, 0.15) is 0 Å². The quantitative estimate of drug-likeness (QED) is 0.163. The highest BCUT2D eigenvalue weighted by Gasteiger charge is 2.25. The number of hydrogen-bond donors (Lipinski definition) is 0. The highest BCUT2D eigenvalue weighted by atomic mass is 32.1. The first-order chi connectivity index (χ1) is 25.8. The van der Waals surface area contributed by atoms with Crippen LogP contribution in [-0.2, 0) is 0 Å². The minimum Gasteiger partial charge on any atom is -0.308 e. The SMILES string of the molecule is c1ccc(N(c2ccccc2-c2ccccc2N(c2ccccc2)c2cccc3c2sc2ccccc23)c2cccc3c2sc2ccccc23)cc1. The third-order valence-electron chi connectivity index (χ3n) is 9.86. The van der Waals surface area contributed by atoms with Crippen LogP contribution in [0, 0.1) is 0 Å². The number of fused-ring (bicyclic) bond motifs is 6. The van der Waals surface area contributed by atoms with E-state index in [9.17, 15) is 0 Å². The van der Waals surface area contributed by atoms with Crippen LogP contribution in [0.2, 0.25) is 0 Å². The Morgan fingerprint density at radius 1 is 0.269 bits per heavy atom. The molecule has 4 heteroatoms. The monoisotopic (exact) mass is 700 g/mol. The second kappa shape index (κ2) is 12.8. The molecular weight excluding hydrogens is 669 g/mol. The highest BCUT2D eigenvalue weighted by Crippen LogP contribution is 2.51. The molecule has 52 heavy (non-hydrogen) atoms. The molecule has 0 N–H and O–H groups in total. The van der Waals surface area contributed by atoms with Gasteiger partial charge in [-0.3, -0.25) is 0 Å². The molecule has 0 saturated carbocycles. The number of nitrogens with zero attached hydrogens (tertiary/aromatic N) is 2. The van der Waals surface area contributed by atoms with Crippen molar-refractivity contribution in [3.8, 4) is 11.1 Å². The highest BCUT2D eigenvalue weighted by molar-refractivity contribution is 7.26. The van der Waals surface area contributed by atoms with Gasteiger partial charge in [-0.05, 0) is 60.7 Å². The van der Waals surface area contributed by atoms with Gasteiger partial charge in [-0.2, -0.15) is 0 Å². The zero-order valence-electron chi connectivity index (χ0n) is 28.2. The van der Waals surface area contributed by atoms with Crippen LogP contribution in [0.5, 0.6) is 0 Å². The molecule has 0 spiro atoms. The lowest BCUT2D eigenvalue weighted by atomic mass is 9.98. The molecule has 246 valence electrons.